The van der Waals surface area contributed by atoms with Crippen LogP contribution in [-0.2, 0) is 17.6 Å². The molecule has 102 valence electrons. The summed E-state index contributed by atoms with van der Waals surface area (Å²) in [7, 11) is 0. The molecule has 0 spiro atoms. The maximum Gasteiger partial charge on any atom is 0.236 e. The number of nitrogens with two attached hydrogens (primary N) is 1. The summed E-state index contributed by atoms with van der Waals surface area (Å²) in [6.07, 6.45) is 4.48. The first-order valence-electron chi connectivity index (χ1n) is 6.12. The molecule has 1 heterocycles. The standard InChI is InChI=1S/C12H21N3OS2/c1-3-11-15-9(8-18-11)4-6-14-12(16)10(13)5-7-17-2/h8,10H,3-7,13H2,1-2H3,(H,14,16)/t10-/m0/s1. The molecule has 1 rings (SSSR count). The minimum absolute atomic E-state index is 0.0602. The predicted molar refractivity (Wildman–Crippen MR) is 79.2 cm³/mol. The maximum atomic E-state index is 11.6. The second kappa shape index (κ2) is 8.50. The van der Waals surface area contributed by atoms with Gasteiger partial charge in [0.1, 0.15) is 0 Å². The van der Waals surface area contributed by atoms with Gasteiger partial charge >= 0.3 is 0 Å². The van der Waals surface area contributed by atoms with E-state index in [9.17, 15) is 4.79 Å². The first-order chi connectivity index (χ1) is 8.67. The van der Waals surface area contributed by atoms with Gasteiger partial charge < -0.3 is 11.1 Å². The van der Waals surface area contributed by atoms with Crippen molar-refractivity contribution in [2.45, 2.75) is 32.2 Å². The highest BCUT2D eigenvalue weighted by atomic mass is 32.2. The van der Waals surface area contributed by atoms with E-state index in [0.29, 0.717) is 6.54 Å². The van der Waals surface area contributed by atoms with E-state index >= 15 is 0 Å². The molecule has 0 aromatic carbocycles. The molecule has 1 atom stereocenters. The van der Waals surface area contributed by atoms with E-state index in [1.54, 1.807) is 23.1 Å². The normalized spacial score (nSPS) is 12.4. The van der Waals surface area contributed by atoms with Gasteiger partial charge in [0.25, 0.3) is 0 Å². The zero-order valence-electron chi connectivity index (χ0n) is 10.9. The molecule has 0 saturated carbocycles. The number of thiazole rings is 1. The molecule has 0 unspecified atom stereocenters. The van der Waals surface area contributed by atoms with E-state index < -0.39 is 0 Å². The van der Waals surface area contributed by atoms with Crippen LogP contribution >= 0.6 is 23.1 Å². The number of hydrogen-bond acceptors (Lipinski definition) is 5. The van der Waals surface area contributed by atoms with Crippen molar-refractivity contribution in [1.29, 1.82) is 0 Å². The molecule has 18 heavy (non-hydrogen) atoms. The molecule has 3 N–H and O–H groups in total. The summed E-state index contributed by atoms with van der Waals surface area (Å²) in [5.41, 5.74) is 6.82. The van der Waals surface area contributed by atoms with Gasteiger partial charge in [0.15, 0.2) is 0 Å². The Kier molecular flexibility index (Phi) is 7.31. The fourth-order valence-corrected chi connectivity index (χ4v) is 2.72. The summed E-state index contributed by atoms with van der Waals surface area (Å²) < 4.78 is 0. The molecule has 6 heteroatoms. The fourth-order valence-electron chi connectivity index (χ4n) is 1.45. The third-order valence-electron chi connectivity index (χ3n) is 2.55. The van der Waals surface area contributed by atoms with Crippen molar-refractivity contribution in [2.75, 3.05) is 18.6 Å². The summed E-state index contributed by atoms with van der Waals surface area (Å²) in [5, 5.41) is 6.06. The van der Waals surface area contributed by atoms with Gasteiger partial charge in [-0.1, -0.05) is 6.92 Å². The molecule has 1 amide bonds. The lowest BCUT2D eigenvalue weighted by Gasteiger charge is -2.10. The third-order valence-corrected chi connectivity index (χ3v) is 4.24. The van der Waals surface area contributed by atoms with Crippen LogP contribution in [0.25, 0.3) is 0 Å². The number of thioether (sulfide) groups is 1. The van der Waals surface area contributed by atoms with Gasteiger partial charge in [0.05, 0.1) is 16.7 Å². The maximum absolute atomic E-state index is 11.6. The minimum atomic E-state index is -0.390. The largest absolute Gasteiger partial charge is 0.354 e. The summed E-state index contributed by atoms with van der Waals surface area (Å²) >= 11 is 3.38. The van der Waals surface area contributed by atoms with Crippen molar-refractivity contribution >= 4 is 29.0 Å². The smallest absolute Gasteiger partial charge is 0.236 e. The van der Waals surface area contributed by atoms with Crippen LogP contribution in [0.5, 0.6) is 0 Å². The average Bonchev–Trinajstić information content (AvgIpc) is 2.83. The van der Waals surface area contributed by atoms with Crippen molar-refractivity contribution in [1.82, 2.24) is 10.3 Å². The number of amides is 1. The number of carbonyl (C=O) groups excluding carboxylic acids is 1. The van der Waals surface area contributed by atoms with Gasteiger partial charge in [-0.05, 0) is 24.9 Å². The van der Waals surface area contributed by atoms with Crippen molar-refractivity contribution in [3.05, 3.63) is 16.1 Å². The second-order valence-corrected chi connectivity index (χ2v) is 5.94. The number of rotatable bonds is 8. The predicted octanol–water partition coefficient (Wildman–Crippen LogP) is 1.44. The molecule has 4 nitrogen and oxygen atoms in total. The van der Waals surface area contributed by atoms with Crippen LogP contribution in [-0.4, -0.2) is 35.5 Å². The lowest BCUT2D eigenvalue weighted by Crippen LogP contribution is -2.41. The first kappa shape index (κ1) is 15.5. The van der Waals surface area contributed by atoms with Crippen LogP contribution in [0.4, 0.5) is 0 Å². The van der Waals surface area contributed by atoms with Crippen molar-refractivity contribution < 1.29 is 4.79 Å². The van der Waals surface area contributed by atoms with Gasteiger partial charge in [-0.25, -0.2) is 4.98 Å². The molecule has 0 aliphatic heterocycles. The van der Waals surface area contributed by atoms with Crippen LogP contribution < -0.4 is 11.1 Å². The van der Waals surface area contributed by atoms with Crippen LogP contribution in [0.1, 0.15) is 24.0 Å². The van der Waals surface area contributed by atoms with Gasteiger partial charge in [0.2, 0.25) is 5.91 Å². The average molecular weight is 287 g/mol. The Balaban J connectivity index is 2.22. The van der Waals surface area contributed by atoms with Gasteiger partial charge in [-0.15, -0.1) is 11.3 Å². The summed E-state index contributed by atoms with van der Waals surface area (Å²) in [6, 6.07) is -0.390. The van der Waals surface area contributed by atoms with Crippen LogP contribution in [0, 0.1) is 0 Å². The molecule has 1 aromatic rings. The zero-order chi connectivity index (χ0) is 13.4. The van der Waals surface area contributed by atoms with Gasteiger partial charge in [0, 0.05) is 18.3 Å². The number of nitrogens with zero attached hydrogens (tertiary/aromatic N) is 1. The number of aromatic nitrogens is 1. The molecule has 0 aliphatic carbocycles. The third kappa shape index (κ3) is 5.37. The topological polar surface area (TPSA) is 68.0 Å². The molecule has 0 bridgehead atoms. The van der Waals surface area contributed by atoms with Gasteiger partial charge in [-0.3, -0.25) is 4.79 Å². The molecule has 0 radical (unpaired) electrons. The zero-order valence-corrected chi connectivity index (χ0v) is 12.6. The quantitative estimate of drug-likeness (QED) is 0.759. The molecule has 1 aromatic heterocycles. The summed E-state index contributed by atoms with van der Waals surface area (Å²) in [5.74, 6) is 0.857. The lowest BCUT2D eigenvalue weighted by molar-refractivity contribution is -0.122. The van der Waals surface area contributed by atoms with Crippen molar-refractivity contribution in [3.63, 3.8) is 0 Å². The Bertz CT molecular complexity index is 368. The number of hydrogen-bond donors (Lipinski definition) is 2. The molecule has 0 aliphatic rings. The monoisotopic (exact) mass is 287 g/mol. The van der Waals surface area contributed by atoms with E-state index in [1.807, 2.05) is 6.26 Å². The Morgan fingerprint density at radius 3 is 3.06 bits per heavy atom. The Morgan fingerprint density at radius 1 is 1.67 bits per heavy atom. The summed E-state index contributed by atoms with van der Waals surface area (Å²) in [4.78, 5) is 16.1. The fraction of sp³-hybridized carbons (Fsp3) is 0.667. The van der Waals surface area contributed by atoms with Crippen LogP contribution in [0.15, 0.2) is 5.38 Å². The van der Waals surface area contributed by atoms with Crippen molar-refractivity contribution in [2.24, 2.45) is 5.73 Å². The Hall–Kier alpha value is -0.590. The lowest BCUT2D eigenvalue weighted by atomic mass is 10.2. The minimum Gasteiger partial charge on any atom is -0.354 e. The highest BCUT2D eigenvalue weighted by Gasteiger charge is 2.12. The second-order valence-electron chi connectivity index (χ2n) is 4.02. The van der Waals surface area contributed by atoms with Crippen LogP contribution in [0.3, 0.4) is 0 Å². The molecule has 0 saturated heterocycles. The molecular formula is C12H21N3OS2. The van der Waals surface area contributed by atoms with E-state index in [2.05, 4.69) is 22.6 Å². The van der Waals surface area contributed by atoms with E-state index in [1.165, 1.54) is 0 Å². The number of nitrogens with one attached hydrogen (secondary N) is 1. The summed E-state index contributed by atoms with van der Waals surface area (Å²) in [6.45, 7) is 2.70. The Labute approximate surface area is 117 Å². The highest BCUT2D eigenvalue weighted by Crippen LogP contribution is 2.10. The van der Waals surface area contributed by atoms with Crippen LogP contribution in [0.2, 0.25) is 0 Å². The Morgan fingerprint density at radius 2 is 2.44 bits per heavy atom. The number of aryl methyl sites for hydroxylation is 1. The van der Waals surface area contributed by atoms with E-state index in [0.717, 1.165) is 35.7 Å². The van der Waals surface area contributed by atoms with E-state index in [4.69, 9.17) is 5.73 Å². The highest BCUT2D eigenvalue weighted by molar-refractivity contribution is 7.98. The number of carbonyl (C=O) groups is 1. The van der Waals surface area contributed by atoms with Gasteiger partial charge in [-0.2, -0.15) is 11.8 Å². The van der Waals surface area contributed by atoms with Crippen molar-refractivity contribution in [3.8, 4) is 0 Å². The molecule has 0 fully saturated rings. The molecular weight excluding hydrogens is 266 g/mol. The first-order valence-corrected chi connectivity index (χ1v) is 8.40. The van der Waals surface area contributed by atoms with E-state index in [-0.39, 0.29) is 11.9 Å². The SMILES string of the molecule is CCc1nc(CCNC(=O)[C@@H](N)CCSC)cs1.